The Morgan fingerprint density at radius 3 is 1.82 bits per heavy atom. The van der Waals surface area contributed by atoms with Crippen molar-refractivity contribution in [1.82, 2.24) is 42.1 Å². The van der Waals surface area contributed by atoms with Gasteiger partial charge in [0, 0.05) is 13.0 Å². The maximum Gasteiger partial charge on any atom is 0.245 e. The monoisotopic (exact) mass is 774 g/mol. The van der Waals surface area contributed by atoms with Crippen molar-refractivity contribution in [2.45, 2.75) is 122 Å². The molecule has 0 aromatic heterocycles. The molecule has 0 spiro atoms. The van der Waals surface area contributed by atoms with Crippen LogP contribution in [0.3, 0.4) is 0 Å². The first-order chi connectivity index (χ1) is 25.8. The molecular formula is C36H54N8O11. The lowest BCUT2D eigenvalue weighted by Crippen LogP contribution is -2.63. The van der Waals surface area contributed by atoms with Gasteiger partial charge in [-0.3, -0.25) is 38.4 Å². The van der Waals surface area contributed by atoms with E-state index in [1.54, 1.807) is 13.8 Å². The van der Waals surface area contributed by atoms with Gasteiger partial charge >= 0.3 is 0 Å². The highest BCUT2D eigenvalue weighted by molar-refractivity contribution is 5.98. The maximum absolute atomic E-state index is 13.6. The third kappa shape index (κ3) is 12.6. The first-order valence-electron chi connectivity index (χ1n) is 18.3. The van der Waals surface area contributed by atoms with Gasteiger partial charge in [0.2, 0.25) is 47.3 Å². The van der Waals surface area contributed by atoms with Crippen LogP contribution in [0, 0.1) is 5.92 Å². The van der Waals surface area contributed by atoms with E-state index < -0.39 is 108 Å². The standard InChI is InChI=1S/C36H54N8O11/c1-17(2)14-24-32(51)42-29(21(6)46)35(54)43-28(20(5)45)34(53)41-25(15-22-9-11-23(47)12-10-22)31(50)37-16-27(48)38-19(4)36(55)44-13-7-8-26(44)33(52)39-18(3)30(49)40-24/h9-12,17-21,24-26,28-29,45-47H,7-8,13-16H2,1-6H3,(H,37,50)(H,38,48)(H,39,52)(H,40,49)(H,41,53)(H,42,51)(H,43,54)/t18-,19-,20+,21+,24-,25-,26-,28-,29-/m0/s1. The Labute approximate surface area is 319 Å². The SMILES string of the molecule is CC(C)C[C@@H]1NC(=O)[C@H](C)NC(=O)[C@@H]2CCCN2C(=O)[C@H](C)NC(=O)CNC(=O)[C@H](Cc2ccc(O)cc2)NC(=O)[C@H]([C@@H](C)O)NC(=O)[C@H]([C@@H](C)O)NC1=O. The maximum atomic E-state index is 13.6. The second-order valence-corrected chi connectivity index (χ2v) is 14.5. The van der Waals surface area contributed by atoms with Gasteiger partial charge in [-0.1, -0.05) is 26.0 Å². The number of carbonyl (C=O) groups is 8. The third-order valence-electron chi connectivity index (χ3n) is 9.24. The average molecular weight is 775 g/mol. The fraction of sp³-hybridized carbons (Fsp3) is 0.611. The van der Waals surface area contributed by atoms with E-state index in [9.17, 15) is 53.7 Å². The molecule has 304 valence electrons. The number of benzene rings is 1. The summed E-state index contributed by atoms with van der Waals surface area (Å²) in [6.45, 7) is 8.34. The van der Waals surface area contributed by atoms with Gasteiger partial charge < -0.3 is 57.4 Å². The molecule has 1 aromatic carbocycles. The molecule has 2 aliphatic rings. The number of fused-ring (bicyclic) bond motifs is 1. The van der Waals surface area contributed by atoms with Crippen molar-refractivity contribution in [3.63, 3.8) is 0 Å². The highest BCUT2D eigenvalue weighted by Crippen LogP contribution is 2.19. The number of hydrogen-bond donors (Lipinski definition) is 10. The number of hydrogen-bond acceptors (Lipinski definition) is 11. The predicted molar refractivity (Wildman–Crippen MR) is 195 cm³/mol. The van der Waals surface area contributed by atoms with Crippen molar-refractivity contribution in [3.05, 3.63) is 29.8 Å². The van der Waals surface area contributed by atoms with Crippen LogP contribution in [0.25, 0.3) is 0 Å². The highest BCUT2D eigenvalue weighted by atomic mass is 16.3. The number of nitrogens with one attached hydrogen (secondary N) is 7. The molecule has 10 N–H and O–H groups in total. The summed E-state index contributed by atoms with van der Waals surface area (Å²) in [5.74, 6) is -6.73. The Kier molecular flexibility index (Phi) is 15.9. The van der Waals surface area contributed by atoms with Crippen LogP contribution >= 0.6 is 0 Å². The zero-order chi connectivity index (χ0) is 41.1. The minimum atomic E-state index is -1.72. The molecule has 0 bridgehead atoms. The van der Waals surface area contributed by atoms with Gasteiger partial charge in [0.1, 0.15) is 48.0 Å². The zero-order valence-corrected chi connectivity index (χ0v) is 31.9. The molecule has 2 saturated heterocycles. The molecule has 19 nitrogen and oxygen atoms in total. The van der Waals surface area contributed by atoms with E-state index in [4.69, 9.17) is 0 Å². The topological polar surface area (TPSA) is 285 Å². The van der Waals surface area contributed by atoms with Gasteiger partial charge in [-0.15, -0.1) is 0 Å². The number of rotatable bonds is 6. The van der Waals surface area contributed by atoms with Gasteiger partial charge in [0.15, 0.2) is 0 Å². The summed E-state index contributed by atoms with van der Waals surface area (Å²) >= 11 is 0. The number of carbonyl (C=O) groups excluding carboxylic acids is 8. The Morgan fingerprint density at radius 1 is 0.673 bits per heavy atom. The zero-order valence-electron chi connectivity index (χ0n) is 31.9. The minimum absolute atomic E-state index is 0.0590. The van der Waals surface area contributed by atoms with Gasteiger partial charge in [0.05, 0.1) is 18.8 Å². The summed E-state index contributed by atoms with van der Waals surface area (Å²) in [6, 6.07) is -3.58. The van der Waals surface area contributed by atoms with Crippen LogP contribution in [-0.4, -0.2) is 135 Å². The predicted octanol–water partition coefficient (Wildman–Crippen LogP) is -3.19. The van der Waals surface area contributed by atoms with Crippen molar-refractivity contribution in [1.29, 1.82) is 0 Å². The molecule has 19 heteroatoms. The van der Waals surface area contributed by atoms with Gasteiger partial charge in [-0.2, -0.15) is 0 Å². The highest BCUT2D eigenvalue weighted by Gasteiger charge is 2.39. The second-order valence-electron chi connectivity index (χ2n) is 14.5. The Balaban J connectivity index is 1.99. The number of aromatic hydroxyl groups is 1. The molecule has 3 rings (SSSR count). The van der Waals surface area contributed by atoms with E-state index in [2.05, 4.69) is 37.2 Å². The molecule has 2 aliphatic heterocycles. The van der Waals surface area contributed by atoms with Crippen LogP contribution in [0.4, 0.5) is 0 Å². The van der Waals surface area contributed by atoms with Crippen LogP contribution in [0.15, 0.2) is 24.3 Å². The second kappa shape index (κ2) is 19.9. The quantitative estimate of drug-likeness (QED) is 0.138. The fourth-order valence-corrected chi connectivity index (χ4v) is 6.22. The Bertz CT molecular complexity index is 1590. The molecule has 9 atom stereocenters. The van der Waals surface area contributed by atoms with E-state index in [0.717, 1.165) is 0 Å². The molecule has 1 aromatic rings. The number of phenolic OH excluding ortho intramolecular Hbond substituents is 1. The summed E-state index contributed by atoms with van der Waals surface area (Å²) in [5.41, 5.74) is 0.478. The molecule has 0 unspecified atom stereocenters. The van der Waals surface area contributed by atoms with E-state index in [0.29, 0.717) is 12.0 Å². The normalized spacial score (nSPS) is 28.3. The number of nitrogens with zero attached hydrogens (tertiary/aromatic N) is 1. The molecule has 2 heterocycles. The largest absolute Gasteiger partial charge is 0.508 e. The van der Waals surface area contributed by atoms with E-state index >= 15 is 0 Å². The van der Waals surface area contributed by atoms with Crippen LogP contribution in [-0.2, 0) is 44.8 Å². The minimum Gasteiger partial charge on any atom is -0.508 e. The summed E-state index contributed by atoms with van der Waals surface area (Å²) in [4.78, 5) is 108. The first kappa shape index (κ1) is 44.1. The lowest BCUT2D eigenvalue weighted by atomic mass is 10.0. The summed E-state index contributed by atoms with van der Waals surface area (Å²) < 4.78 is 0. The van der Waals surface area contributed by atoms with Crippen LogP contribution in [0.1, 0.15) is 66.4 Å². The van der Waals surface area contributed by atoms with Crippen molar-refractivity contribution in [3.8, 4) is 5.75 Å². The Morgan fingerprint density at radius 2 is 1.24 bits per heavy atom. The van der Waals surface area contributed by atoms with Crippen LogP contribution in [0.5, 0.6) is 5.75 Å². The summed E-state index contributed by atoms with van der Waals surface area (Å²) in [5, 5.41) is 48.1. The molecule has 55 heavy (non-hydrogen) atoms. The average Bonchev–Trinajstić information content (AvgIpc) is 3.61. The molecule has 0 aliphatic carbocycles. The third-order valence-corrected chi connectivity index (χ3v) is 9.24. The number of amides is 8. The number of aliphatic hydroxyl groups is 2. The fourth-order valence-electron chi connectivity index (χ4n) is 6.22. The smallest absolute Gasteiger partial charge is 0.245 e. The lowest BCUT2D eigenvalue weighted by Gasteiger charge is -2.30. The van der Waals surface area contributed by atoms with E-state index in [-0.39, 0.29) is 37.5 Å². The molecule has 0 radical (unpaired) electrons. The molecule has 8 amide bonds. The number of aliphatic hydroxyl groups excluding tert-OH is 2. The van der Waals surface area contributed by atoms with Crippen molar-refractivity contribution in [2.75, 3.05) is 13.1 Å². The summed E-state index contributed by atoms with van der Waals surface area (Å²) in [6.07, 6.45) is -2.42. The van der Waals surface area contributed by atoms with Gasteiger partial charge in [-0.05, 0) is 70.6 Å². The lowest BCUT2D eigenvalue weighted by molar-refractivity contribution is -0.142. The van der Waals surface area contributed by atoms with Crippen LogP contribution in [0.2, 0.25) is 0 Å². The van der Waals surface area contributed by atoms with Crippen molar-refractivity contribution >= 4 is 47.3 Å². The van der Waals surface area contributed by atoms with Gasteiger partial charge in [-0.25, -0.2) is 0 Å². The number of phenols is 1. The molecule has 0 saturated carbocycles. The van der Waals surface area contributed by atoms with Gasteiger partial charge in [0.25, 0.3) is 0 Å². The first-order valence-corrected chi connectivity index (χ1v) is 18.3. The van der Waals surface area contributed by atoms with Crippen molar-refractivity contribution in [2.24, 2.45) is 5.92 Å². The van der Waals surface area contributed by atoms with E-state index in [1.165, 1.54) is 56.9 Å². The van der Waals surface area contributed by atoms with E-state index in [1.807, 2.05) is 0 Å². The molecule has 2 fully saturated rings. The Hall–Kier alpha value is -5.30. The summed E-state index contributed by atoms with van der Waals surface area (Å²) in [7, 11) is 0. The van der Waals surface area contributed by atoms with Crippen LogP contribution < -0.4 is 37.2 Å². The molecular weight excluding hydrogens is 720 g/mol. The van der Waals surface area contributed by atoms with Crippen molar-refractivity contribution < 1.29 is 53.7 Å².